The van der Waals surface area contributed by atoms with Crippen LogP contribution in [0.15, 0.2) is 23.1 Å². The number of rotatable bonds is 8. The molecule has 0 bridgehead atoms. The Morgan fingerprint density at radius 3 is 2.62 bits per heavy atom. The van der Waals surface area contributed by atoms with Crippen LogP contribution in [0.3, 0.4) is 0 Å². The van der Waals surface area contributed by atoms with Gasteiger partial charge in [-0.3, -0.25) is 4.79 Å². The molecule has 1 atom stereocenters. The van der Waals surface area contributed by atoms with Crippen LogP contribution in [-0.4, -0.2) is 30.4 Å². The van der Waals surface area contributed by atoms with Gasteiger partial charge in [0.2, 0.25) is 0 Å². The van der Waals surface area contributed by atoms with E-state index in [1.54, 1.807) is 17.8 Å². The van der Waals surface area contributed by atoms with Crippen LogP contribution in [0.1, 0.15) is 27.2 Å². The molecule has 0 aromatic heterocycles. The number of benzene rings is 1. The second kappa shape index (κ2) is 8.89. The molecule has 21 heavy (non-hydrogen) atoms. The lowest BCUT2D eigenvalue weighted by Gasteiger charge is -2.28. The van der Waals surface area contributed by atoms with Crippen LogP contribution in [-0.2, 0) is 9.53 Å². The molecule has 1 aromatic rings. The van der Waals surface area contributed by atoms with Gasteiger partial charge in [0.25, 0.3) is 0 Å². The highest BCUT2D eigenvalue weighted by atomic mass is 35.5. The summed E-state index contributed by atoms with van der Waals surface area (Å²) in [7, 11) is 0. The first-order chi connectivity index (χ1) is 9.92. The summed E-state index contributed by atoms with van der Waals surface area (Å²) in [6.45, 7) is 6.77. The van der Waals surface area contributed by atoms with Gasteiger partial charge in [0.05, 0.1) is 16.7 Å². The van der Waals surface area contributed by atoms with Crippen molar-refractivity contribution in [1.29, 1.82) is 0 Å². The second-order valence-electron chi connectivity index (χ2n) is 4.76. The molecule has 0 spiro atoms. The van der Waals surface area contributed by atoms with Gasteiger partial charge in [-0.15, -0.1) is 11.8 Å². The van der Waals surface area contributed by atoms with Crippen molar-refractivity contribution >= 4 is 40.9 Å². The molecule has 1 rings (SSSR count). The highest BCUT2D eigenvalue weighted by molar-refractivity contribution is 7.99. The van der Waals surface area contributed by atoms with E-state index in [4.69, 9.17) is 27.9 Å². The highest BCUT2D eigenvalue weighted by Gasteiger charge is 2.33. The van der Waals surface area contributed by atoms with E-state index in [1.165, 1.54) is 0 Å². The summed E-state index contributed by atoms with van der Waals surface area (Å²) in [5.41, 5.74) is -0.659. The van der Waals surface area contributed by atoms with E-state index in [-0.39, 0.29) is 5.97 Å². The van der Waals surface area contributed by atoms with Crippen LogP contribution in [0.25, 0.3) is 0 Å². The molecule has 0 heterocycles. The van der Waals surface area contributed by atoms with Crippen molar-refractivity contribution in [3.8, 4) is 0 Å². The molecule has 1 aromatic carbocycles. The van der Waals surface area contributed by atoms with Crippen molar-refractivity contribution < 1.29 is 9.53 Å². The van der Waals surface area contributed by atoms with E-state index < -0.39 is 5.54 Å². The van der Waals surface area contributed by atoms with E-state index in [0.717, 1.165) is 10.6 Å². The molecular formula is C15H21Cl2NO2S. The van der Waals surface area contributed by atoms with Crippen LogP contribution < -0.4 is 5.32 Å². The number of esters is 1. The number of carbonyl (C=O) groups is 1. The zero-order valence-corrected chi connectivity index (χ0v) is 14.9. The minimum Gasteiger partial charge on any atom is -0.465 e. The van der Waals surface area contributed by atoms with Crippen molar-refractivity contribution in [3.63, 3.8) is 0 Å². The Balaban J connectivity index is 2.60. The SMILES string of the molecule is CCNC(C)(CCSc1ccc(Cl)c(Cl)c1)C(=O)OCC. The van der Waals surface area contributed by atoms with Crippen molar-refractivity contribution in [2.75, 3.05) is 18.9 Å². The van der Waals surface area contributed by atoms with Crippen LogP contribution in [0.4, 0.5) is 0 Å². The van der Waals surface area contributed by atoms with E-state index in [1.807, 2.05) is 32.9 Å². The Morgan fingerprint density at radius 2 is 2.05 bits per heavy atom. The van der Waals surface area contributed by atoms with Gasteiger partial charge < -0.3 is 10.1 Å². The number of ether oxygens (including phenoxy) is 1. The van der Waals surface area contributed by atoms with Gasteiger partial charge >= 0.3 is 5.97 Å². The van der Waals surface area contributed by atoms with Gasteiger partial charge in [-0.1, -0.05) is 30.1 Å². The fourth-order valence-corrected chi connectivity index (χ4v) is 3.36. The van der Waals surface area contributed by atoms with Crippen LogP contribution in [0, 0.1) is 0 Å². The average Bonchev–Trinajstić information content (AvgIpc) is 2.43. The number of nitrogens with one attached hydrogen (secondary N) is 1. The van der Waals surface area contributed by atoms with Crippen LogP contribution in [0.5, 0.6) is 0 Å². The van der Waals surface area contributed by atoms with Crippen molar-refractivity contribution in [2.45, 2.75) is 37.6 Å². The van der Waals surface area contributed by atoms with Crippen molar-refractivity contribution in [3.05, 3.63) is 28.2 Å². The van der Waals surface area contributed by atoms with Gasteiger partial charge in [-0.2, -0.15) is 0 Å². The third-order valence-electron chi connectivity index (χ3n) is 3.05. The van der Waals surface area contributed by atoms with Crippen molar-refractivity contribution in [1.82, 2.24) is 5.32 Å². The predicted octanol–water partition coefficient (Wildman–Crippen LogP) is 4.41. The third kappa shape index (κ3) is 5.70. The molecule has 0 fully saturated rings. The first-order valence-corrected chi connectivity index (χ1v) is 8.67. The summed E-state index contributed by atoms with van der Waals surface area (Å²) in [6, 6.07) is 5.54. The van der Waals surface area contributed by atoms with Gasteiger partial charge in [-0.25, -0.2) is 0 Å². The minimum atomic E-state index is -0.659. The molecule has 0 amide bonds. The maximum atomic E-state index is 12.1. The molecule has 1 N–H and O–H groups in total. The summed E-state index contributed by atoms with van der Waals surface area (Å²) in [4.78, 5) is 13.1. The summed E-state index contributed by atoms with van der Waals surface area (Å²) in [5, 5.41) is 4.30. The lowest BCUT2D eigenvalue weighted by Crippen LogP contribution is -2.50. The molecule has 0 aliphatic rings. The Kier molecular flexibility index (Phi) is 7.88. The Morgan fingerprint density at radius 1 is 1.33 bits per heavy atom. The van der Waals surface area contributed by atoms with Gasteiger partial charge in [0.15, 0.2) is 0 Å². The third-order valence-corrected chi connectivity index (χ3v) is 4.79. The number of carbonyl (C=O) groups excluding carboxylic acids is 1. The summed E-state index contributed by atoms with van der Waals surface area (Å²) in [6.07, 6.45) is 0.671. The van der Waals surface area contributed by atoms with Crippen LogP contribution >= 0.6 is 35.0 Å². The Labute approximate surface area is 140 Å². The first-order valence-electron chi connectivity index (χ1n) is 6.93. The maximum absolute atomic E-state index is 12.1. The molecule has 1 unspecified atom stereocenters. The summed E-state index contributed by atoms with van der Waals surface area (Å²) < 4.78 is 5.15. The molecule has 118 valence electrons. The summed E-state index contributed by atoms with van der Waals surface area (Å²) >= 11 is 13.5. The maximum Gasteiger partial charge on any atom is 0.326 e. The van der Waals surface area contributed by atoms with Crippen molar-refractivity contribution in [2.24, 2.45) is 0 Å². The average molecular weight is 350 g/mol. The molecule has 0 aliphatic carbocycles. The summed E-state index contributed by atoms with van der Waals surface area (Å²) in [5.74, 6) is 0.571. The zero-order valence-electron chi connectivity index (χ0n) is 12.5. The number of likely N-dealkylation sites (N-methyl/N-ethyl adjacent to an activating group) is 1. The minimum absolute atomic E-state index is 0.207. The lowest BCUT2D eigenvalue weighted by atomic mass is 9.99. The van der Waals surface area contributed by atoms with E-state index in [2.05, 4.69) is 5.32 Å². The predicted molar refractivity (Wildman–Crippen MR) is 90.5 cm³/mol. The fraction of sp³-hybridized carbons (Fsp3) is 0.533. The molecule has 0 saturated heterocycles. The van der Waals surface area contributed by atoms with Crippen LogP contribution in [0.2, 0.25) is 10.0 Å². The monoisotopic (exact) mass is 349 g/mol. The molecule has 0 aliphatic heterocycles. The second-order valence-corrected chi connectivity index (χ2v) is 6.74. The first kappa shape index (κ1) is 18.6. The molecule has 0 radical (unpaired) electrons. The van der Waals surface area contributed by atoms with Gasteiger partial charge in [0, 0.05) is 10.6 Å². The quantitative estimate of drug-likeness (QED) is 0.557. The topological polar surface area (TPSA) is 38.3 Å². The molecule has 3 nitrogen and oxygen atoms in total. The highest BCUT2D eigenvalue weighted by Crippen LogP contribution is 2.29. The fourth-order valence-electron chi connectivity index (χ4n) is 1.88. The standard InChI is InChI=1S/C15H21Cl2NO2S/c1-4-18-15(3,14(19)20-5-2)8-9-21-11-6-7-12(16)13(17)10-11/h6-7,10,18H,4-5,8-9H2,1-3H3. The van der Waals surface area contributed by atoms with Gasteiger partial charge in [-0.05, 0) is 45.0 Å². The number of thioether (sulfide) groups is 1. The lowest BCUT2D eigenvalue weighted by molar-refractivity contribution is -0.150. The number of hydrogen-bond acceptors (Lipinski definition) is 4. The van der Waals surface area contributed by atoms with Gasteiger partial charge in [0.1, 0.15) is 5.54 Å². The normalized spacial score (nSPS) is 13.8. The Bertz CT molecular complexity index is 485. The van der Waals surface area contributed by atoms with E-state index >= 15 is 0 Å². The number of hydrogen-bond donors (Lipinski definition) is 1. The van der Waals surface area contributed by atoms with E-state index in [9.17, 15) is 4.79 Å². The Hall–Kier alpha value is -0.420. The molecular weight excluding hydrogens is 329 g/mol. The molecule has 6 heteroatoms. The zero-order chi connectivity index (χ0) is 15.9. The van der Waals surface area contributed by atoms with E-state index in [0.29, 0.717) is 29.6 Å². The largest absolute Gasteiger partial charge is 0.465 e. The number of halogens is 2. The molecule has 0 saturated carbocycles. The smallest absolute Gasteiger partial charge is 0.326 e.